The van der Waals surface area contributed by atoms with Crippen molar-refractivity contribution in [3.8, 4) is 0 Å². The molecular weight excluding hydrogens is 298 g/mol. The van der Waals surface area contributed by atoms with Gasteiger partial charge in [0.05, 0.1) is 0 Å². The Morgan fingerprint density at radius 1 is 1.59 bits per heavy atom. The van der Waals surface area contributed by atoms with Crippen molar-refractivity contribution in [3.63, 3.8) is 0 Å². The SMILES string of the molecule is C=C/C(Br)=C\c1c(C)[nH]c2c1C=C(Cl)CC=C2. The molecule has 1 nitrogen and oxygen atoms in total. The Hall–Kier alpha value is -0.990. The maximum atomic E-state index is 6.14. The average Bonchev–Trinajstić information content (AvgIpc) is 2.48. The quantitative estimate of drug-likeness (QED) is 0.719. The first-order valence-electron chi connectivity index (χ1n) is 5.36. The van der Waals surface area contributed by atoms with Gasteiger partial charge in [0.15, 0.2) is 0 Å². The van der Waals surface area contributed by atoms with Crippen LogP contribution in [0.25, 0.3) is 18.2 Å². The predicted molar refractivity (Wildman–Crippen MR) is 80.1 cm³/mol. The minimum Gasteiger partial charge on any atom is -0.358 e. The topological polar surface area (TPSA) is 15.8 Å². The average molecular weight is 311 g/mol. The summed E-state index contributed by atoms with van der Waals surface area (Å²) in [5.41, 5.74) is 4.52. The van der Waals surface area contributed by atoms with Gasteiger partial charge in [0.1, 0.15) is 0 Å². The summed E-state index contributed by atoms with van der Waals surface area (Å²) in [6.07, 6.45) is 10.8. The van der Waals surface area contributed by atoms with E-state index in [4.69, 9.17) is 11.6 Å². The Kier molecular flexibility index (Phi) is 3.75. The van der Waals surface area contributed by atoms with Gasteiger partial charge in [-0.25, -0.2) is 0 Å². The summed E-state index contributed by atoms with van der Waals surface area (Å²) < 4.78 is 0.958. The van der Waals surface area contributed by atoms with Crippen LogP contribution in [0.1, 0.15) is 28.9 Å². The molecule has 1 aliphatic rings. The molecule has 0 aromatic carbocycles. The highest BCUT2D eigenvalue weighted by molar-refractivity contribution is 9.12. The number of H-pyrrole nitrogens is 1. The van der Waals surface area contributed by atoms with Gasteiger partial charge in [-0.3, -0.25) is 0 Å². The van der Waals surface area contributed by atoms with Crippen molar-refractivity contribution in [1.82, 2.24) is 4.98 Å². The van der Waals surface area contributed by atoms with E-state index in [9.17, 15) is 0 Å². The molecule has 0 bridgehead atoms. The van der Waals surface area contributed by atoms with Gasteiger partial charge in [-0.15, -0.1) is 0 Å². The fourth-order valence-electron chi connectivity index (χ4n) is 1.86. The van der Waals surface area contributed by atoms with Crippen molar-refractivity contribution in [3.05, 3.63) is 50.8 Å². The standard InChI is InChI=1S/C14H13BrClN/c1-3-10(15)7-12-9(2)17-14-6-4-5-11(16)8-13(12)14/h3-4,6-8,17H,1,5H2,2H3/b10-7+. The smallest absolute Gasteiger partial charge is 0.0459 e. The lowest BCUT2D eigenvalue weighted by atomic mass is 10.1. The second-order valence-electron chi connectivity index (χ2n) is 3.92. The first-order chi connectivity index (χ1) is 8.11. The number of hydrogen-bond donors (Lipinski definition) is 1. The summed E-state index contributed by atoms with van der Waals surface area (Å²) in [6.45, 7) is 5.79. The third kappa shape index (κ3) is 2.64. The highest BCUT2D eigenvalue weighted by atomic mass is 79.9. The Morgan fingerprint density at radius 3 is 3.06 bits per heavy atom. The fourth-order valence-corrected chi connectivity index (χ4v) is 2.29. The van der Waals surface area contributed by atoms with Crippen LogP contribution in [0.4, 0.5) is 0 Å². The number of aromatic amines is 1. The Balaban J connectivity index is 2.62. The number of aryl methyl sites for hydroxylation is 1. The van der Waals surface area contributed by atoms with Crippen molar-refractivity contribution < 1.29 is 0 Å². The second-order valence-corrected chi connectivity index (χ2v) is 5.32. The molecule has 1 N–H and O–H groups in total. The van der Waals surface area contributed by atoms with Crippen molar-refractivity contribution in [2.24, 2.45) is 0 Å². The number of hydrogen-bond acceptors (Lipinski definition) is 0. The molecule has 0 saturated heterocycles. The second kappa shape index (κ2) is 5.11. The van der Waals surface area contributed by atoms with Crippen LogP contribution in [0.15, 0.2) is 28.2 Å². The van der Waals surface area contributed by atoms with Gasteiger partial charge in [0.25, 0.3) is 0 Å². The van der Waals surface area contributed by atoms with E-state index in [0.29, 0.717) is 0 Å². The fraction of sp³-hybridized carbons (Fsp3) is 0.143. The van der Waals surface area contributed by atoms with E-state index in [0.717, 1.165) is 38.5 Å². The summed E-state index contributed by atoms with van der Waals surface area (Å²) in [7, 11) is 0. The van der Waals surface area contributed by atoms with E-state index < -0.39 is 0 Å². The molecule has 1 heterocycles. The van der Waals surface area contributed by atoms with Crippen LogP contribution in [-0.2, 0) is 0 Å². The molecule has 0 atom stereocenters. The third-order valence-corrected chi connectivity index (χ3v) is 3.50. The minimum absolute atomic E-state index is 0.787. The molecule has 0 aliphatic heterocycles. The highest BCUT2D eigenvalue weighted by Gasteiger charge is 2.12. The molecule has 0 unspecified atom stereocenters. The Bertz CT molecular complexity index is 547. The molecule has 0 saturated carbocycles. The number of aromatic nitrogens is 1. The molecule has 17 heavy (non-hydrogen) atoms. The van der Waals surface area contributed by atoms with Crippen LogP contribution < -0.4 is 0 Å². The molecule has 0 spiro atoms. The summed E-state index contributed by atoms with van der Waals surface area (Å²) in [6, 6.07) is 0. The third-order valence-electron chi connectivity index (χ3n) is 2.68. The van der Waals surface area contributed by atoms with E-state index in [1.54, 1.807) is 6.08 Å². The molecular formula is C14H13BrClN. The van der Waals surface area contributed by atoms with E-state index in [2.05, 4.69) is 52.6 Å². The lowest BCUT2D eigenvalue weighted by molar-refractivity contribution is 1.24. The zero-order chi connectivity index (χ0) is 12.4. The zero-order valence-corrected chi connectivity index (χ0v) is 11.9. The van der Waals surface area contributed by atoms with E-state index >= 15 is 0 Å². The van der Waals surface area contributed by atoms with Crippen molar-refractivity contribution >= 4 is 45.8 Å². The van der Waals surface area contributed by atoms with E-state index in [1.165, 1.54) is 0 Å². The van der Waals surface area contributed by atoms with Crippen LogP contribution in [0.5, 0.6) is 0 Å². The molecule has 88 valence electrons. The maximum Gasteiger partial charge on any atom is 0.0459 e. The van der Waals surface area contributed by atoms with Crippen LogP contribution in [-0.4, -0.2) is 4.98 Å². The number of nitrogens with one attached hydrogen (secondary N) is 1. The van der Waals surface area contributed by atoms with Crippen molar-refractivity contribution in [2.75, 3.05) is 0 Å². The number of fused-ring (bicyclic) bond motifs is 1. The van der Waals surface area contributed by atoms with Gasteiger partial charge < -0.3 is 4.98 Å². The van der Waals surface area contributed by atoms with Gasteiger partial charge in [0.2, 0.25) is 0 Å². The molecule has 3 heteroatoms. The lowest BCUT2D eigenvalue weighted by Crippen LogP contribution is -1.79. The molecule has 1 aromatic rings. The van der Waals surface area contributed by atoms with E-state index in [1.807, 2.05) is 6.08 Å². The zero-order valence-electron chi connectivity index (χ0n) is 9.56. The monoisotopic (exact) mass is 309 g/mol. The molecule has 2 rings (SSSR count). The largest absolute Gasteiger partial charge is 0.358 e. The molecule has 0 fully saturated rings. The molecule has 1 aromatic heterocycles. The number of rotatable bonds is 2. The summed E-state index contributed by atoms with van der Waals surface area (Å²) in [4.78, 5) is 3.37. The highest BCUT2D eigenvalue weighted by Crippen LogP contribution is 2.30. The minimum atomic E-state index is 0.787. The van der Waals surface area contributed by atoms with Gasteiger partial charge in [-0.2, -0.15) is 0 Å². The Labute approximate surface area is 115 Å². The number of allylic oxidation sites excluding steroid dienone is 4. The first-order valence-corrected chi connectivity index (χ1v) is 6.53. The van der Waals surface area contributed by atoms with Crippen molar-refractivity contribution in [1.29, 1.82) is 0 Å². The molecule has 0 radical (unpaired) electrons. The van der Waals surface area contributed by atoms with Gasteiger partial charge in [-0.1, -0.05) is 46.3 Å². The normalized spacial score (nSPS) is 15.2. The van der Waals surface area contributed by atoms with Crippen molar-refractivity contribution in [2.45, 2.75) is 13.3 Å². The van der Waals surface area contributed by atoms with Gasteiger partial charge in [0, 0.05) is 38.5 Å². The van der Waals surface area contributed by atoms with Crippen LogP contribution in [0, 0.1) is 6.92 Å². The summed E-state index contributed by atoms with van der Waals surface area (Å²) in [5.74, 6) is 0. The van der Waals surface area contributed by atoms with Gasteiger partial charge >= 0.3 is 0 Å². The van der Waals surface area contributed by atoms with Crippen LogP contribution in [0.3, 0.4) is 0 Å². The Morgan fingerprint density at radius 2 is 2.35 bits per heavy atom. The van der Waals surface area contributed by atoms with Gasteiger partial charge in [-0.05, 0) is 25.2 Å². The van der Waals surface area contributed by atoms with Crippen LogP contribution in [0.2, 0.25) is 0 Å². The maximum absolute atomic E-state index is 6.14. The van der Waals surface area contributed by atoms with E-state index in [-0.39, 0.29) is 0 Å². The predicted octanol–water partition coefficient (Wildman–Crippen LogP) is 5.24. The summed E-state index contributed by atoms with van der Waals surface area (Å²) in [5, 5.41) is 0.850. The number of halogens is 2. The lowest BCUT2D eigenvalue weighted by Gasteiger charge is -1.98. The molecule has 1 aliphatic carbocycles. The van der Waals surface area contributed by atoms with Crippen LogP contribution >= 0.6 is 27.5 Å². The summed E-state index contributed by atoms with van der Waals surface area (Å²) >= 11 is 9.60. The first kappa shape index (κ1) is 12.5. The molecule has 0 amide bonds.